The number of rotatable bonds is 2. The molecule has 2 atom stereocenters. The number of hydrogen-bond donors (Lipinski definition) is 0. The van der Waals surface area contributed by atoms with Crippen LogP contribution in [0.15, 0.2) is 24.3 Å². The zero-order chi connectivity index (χ0) is 14.3. The van der Waals surface area contributed by atoms with E-state index in [4.69, 9.17) is 4.74 Å². The van der Waals surface area contributed by atoms with Gasteiger partial charge in [0.05, 0.1) is 11.7 Å². The van der Waals surface area contributed by atoms with E-state index in [9.17, 15) is 0 Å². The van der Waals surface area contributed by atoms with Crippen LogP contribution in [0, 0.1) is 0 Å². The van der Waals surface area contributed by atoms with Crippen molar-refractivity contribution in [3.8, 4) is 0 Å². The Labute approximate surface area is 118 Å². The zero-order valence-corrected chi connectivity index (χ0v) is 13.3. The molecular formula is C18H28O. The maximum Gasteiger partial charge on any atom is 0.0649 e. The van der Waals surface area contributed by atoms with Crippen LogP contribution < -0.4 is 0 Å². The lowest BCUT2D eigenvalue weighted by atomic mass is 9.85. The van der Waals surface area contributed by atoms with Crippen molar-refractivity contribution < 1.29 is 4.74 Å². The standard InChI is InChI=1S/C18H28O/c1-13(16-11-12-18(5,6)19-16)14-7-9-15(10-8-14)17(2,3)4/h7-10,13,16H,11-12H2,1-6H3/t13-,16-/m1/s1. The Morgan fingerprint density at radius 3 is 2.16 bits per heavy atom. The molecule has 0 amide bonds. The van der Waals surface area contributed by atoms with Crippen molar-refractivity contribution in [1.82, 2.24) is 0 Å². The Morgan fingerprint density at radius 1 is 1.16 bits per heavy atom. The summed E-state index contributed by atoms with van der Waals surface area (Å²) in [6, 6.07) is 9.09. The molecule has 2 rings (SSSR count). The zero-order valence-electron chi connectivity index (χ0n) is 13.3. The molecule has 0 unspecified atom stereocenters. The third-order valence-electron chi connectivity index (χ3n) is 4.36. The van der Waals surface area contributed by atoms with Gasteiger partial charge in [-0.1, -0.05) is 52.0 Å². The summed E-state index contributed by atoms with van der Waals surface area (Å²) in [5.74, 6) is 0.482. The molecule has 1 nitrogen and oxygen atoms in total. The van der Waals surface area contributed by atoms with E-state index in [0.717, 1.165) is 0 Å². The summed E-state index contributed by atoms with van der Waals surface area (Å²) in [4.78, 5) is 0. The fourth-order valence-electron chi connectivity index (χ4n) is 2.87. The monoisotopic (exact) mass is 260 g/mol. The largest absolute Gasteiger partial charge is 0.372 e. The highest BCUT2D eigenvalue weighted by Gasteiger charge is 2.35. The van der Waals surface area contributed by atoms with E-state index >= 15 is 0 Å². The molecule has 0 aromatic heterocycles. The maximum absolute atomic E-state index is 6.16. The Hall–Kier alpha value is -0.820. The van der Waals surface area contributed by atoms with Crippen LogP contribution in [0.4, 0.5) is 0 Å². The van der Waals surface area contributed by atoms with Gasteiger partial charge in [0.15, 0.2) is 0 Å². The topological polar surface area (TPSA) is 9.23 Å². The van der Waals surface area contributed by atoms with Gasteiger partial charge in [-0.05, 0) is 43.2 Å². The molecule has 1 saturated heterocycles. The summed E-state index contributed by atoms with van der Waals surface area (Å²) in [6.07, 6.45) is 2.72. The van der Waals surface area contributed by atoms with E-state index in [-0.39, 0.29) is 11.0 Å². The van der Waals surface area contributed by atoms with Crippen LogP contribution in [0.1, 0.15) is 71.4 Å². The Balaban J connectivity index is 2.10. The van der Waals surface area contributed by atoms with Gasteiger partial charge in [-0.3, -0.25) is 0 Å². The lowest BCUT2D eigenvalue weighted by Crippen LogP contribution is -2.23. The molecule has 0 aliphatic carbocycles. The first-order valence-electron chi connectivity index (χ1n) is 7.47. The van der Waals surface area contributed by atoms with Crippen molar-refractivity contribution in [2.45, 2.75) is 77.4 Å². The smallest absolute Gasteiger partial charge is 0.0649 e. The van der Waals surface area contributed by atoms with E-state index in [1.165, 1.54) is 24.0 Å². The van der Waals surface area contributed by atoms with E-state index < -0.39 is 0 Å². The molecule has 1 aliphatic rings. The third-order valence-corrected chi connectivity index (χ3v) is 4.36. The molecule has 0 saturated carbocycles. The second-order valence-electron chi connectivity index (χ2n) is 7.62. The highest BCUT2D eigenvalue weighted by molar-refractivity contribution is 5.30. The third kappa shape index (κ3) is 3.39. The van der Waals surface area contributed by atoms with Crippen molar-refractivity contribution in [2.24, 2.45) is 0 Å². The average molecular weight is 260 g/mol. The van der Waals surface area contributed by atoms with Crippen LogP contribution in [-0.2, 0) is 10.2 Å². The summed E-state index contributed by atoms with van der Waals surface area (Å²) in [7, 11) is 0. The van der Waals surface area contributed by atoms with Crippen molar-refractivity contribution in [1.29, 1.82) is 0 Å². The van der Waals surface area contributed by atoms with Gasteiger partial charge in [0, 0.05) is 5.92 Å². The molecular weight excluding hydrogens is 232 g/mol. The summed E-state index contributed by atoms with van der Waals surface area (Å²) in [5.41, 5.74) is 3.09. The lowest BCUT2D eigenvalue weighted by molar-refractivity contribution is -0.0242. The minimum absolute atomic E-state index is 0.0598. The van der Waals surface area contributed by atoms with Gasteiger partial charge in [0.25, 0.3) is 0 Å². The van der Waals surface area contributed by atoms with E-state index in [0.29, 0.717) is 12.0 Å². The SMILES string of the molecule is C[C@H](c1ccc(C(C)(C)C)cc1)[C@H]1CCC(C)(C)O1. The van der Waals surface area contributed by atoms with Gasteiger partial charge in [-0.15, -0.1) is 0 Å². The van der Waals surface area contributed by atoms with Crippen LogP contribution >= 0.6 is 0 Å². The molecule has 0 radical (unpaired) electrons. The van der Waals surface area contributed by atoms with E-state index in [1.54, 1.807) is 0 Å². The predicted octanol–water partition coefficient (Wildman–Crippen LogP) is 5.05. The highest BCUT2D eigenvalue weighted by atomic mass is 16.5. The minimum atomic E-state index is 0.0598. The maximum atomic E-state index is 6.16. The summed E-state index contributed by atoms with van der Waals surface area (Å²) in [6.45, 7) is 13.5. The Morgan fingerprint density at radius 2 is 1.74 bits per heavy atom. The van der Waals surface area contributed by atoms with Crippen molar-refractivity contribution in [3.05, 3.63) is 35.4 Å². The average Bonchev–Trinajstić information content (AvgIpc) is 2.68. The lowest BCUT2D eigenvalue weighted by Gasteiger charge is -2.25. The van der Waals surface area contributed by atoms with Crippen molar-refractivity contribution >= 4 is 0 Å². The van der Waals surface area contributed by atoms with Gasteiger partial charge in [0.1, 0.15) is 0 Å². The van der Waals surface area contributed by atoms with Crippen LogP contribution in [0.5, 0.6) is 0 Å². The second kappa shape index (κ2) is 4.94. The second-order valence-corrected chi connectivity index (χ2v) is 7.62. The Kier molecular flexibility index (Phi) is 3.79. The first-order valence-corrected chi connectivity index (χ1v) is 7.47. The molecule has 0 N–H and O–H groups in total. The molecule has 0 spiro atoms. The van der Waals surface area contributed by atoms with E-state index in [2.05, 4.69) is 65.8 Å². The molecule has 1 aliphatic heterocycles. The van der Waals surface area contributed by atoms with Crippen LogP contribution in [0.3, 0.4) is 0 Å². The fraction of sp³-hybridized carbons (Fsp3) is 0.667. The fourth-order valence-corrected chi connectivity index (χ4v) is 2.87. The molecule has 19 heavy (non-hydrogen) atoms. The molecule has 1 aromatic rings. The molecule has 1 aromatic carbocycles. The number of benzene rings is 1. The molecule has 1 heterocycles. The van der Waals surface area contributed by atoms with Crippen molar-refractivity contribution in [3.63, 3.8) is 0 Å². The Bertz CT molecular complexity index is 422. The van der Waals surface area contributed by atoms with Crippen LogP contribution in [0.25, 0.3) is 0 Å². The first-order chi connectivity index (χ1) is 8.69. The van der Waals surface area contributed by atoms with Gasteiger partial charge >= 0.3 is 0 Å². The van der Waals surface area contributed by atoms with Gasteiger partial charge in [0.2, 0.25) is 0 Å². The quantitative estimate of drug-likeness (QED) is 0.723. The molecule has 0 bridgehead atoms. The van der Waals surface area contributed by atoms with Gasteiger partial charge in [-0.2, -0.15) is 0 Å². The number of ether oxygens (including phenoxy) is 1. The van der Waals surface area contributed by atoms with Crippen LogP contribution in [-0.4, -0.2) is 11.7 Å². The first kappa shape index (κ1) is 14.6. The normalized spacial score (nSPS) is 24.4. The van der Waals surface area contributed by atoms with Crippen LogP contribution in [0.2, 0.25) is 0 Å². The van der Waals surface area contributed by atoms with Gasteiger partial charge < -0.3 is 4.74 Å². The van der Waals surface area contributed by atoms with Crippen molar-refractivity contribution in [2.75, 3.05) is 0 Å². The summed E-state index contributed by atoms with van der Waals surface area (Å²) in [5, 5.41) is 0. The molecule has 1 fully saturated rings. The van der Waals surface area contributed by atoms with Gasteiger partial charge in [-0.25, -0.2) is 0 Å². The molecule has 106 valence electrons. The van der Waals surface area contributed by atoms with E-state index in [1.807, 2.05) is 0 Å². The minimum Gasteiger partial charge on any atom is -0.372 e. The summed E-state index contributed by atoms with van der Waals surface area (Å²) >= 11 is 0. The summed E-state index contributed by atoms with van der Waals surface area (Å²) < 4.78 is 6.16. The highest BCUT2D eigenvalue weighted by Crippen LogP contribution is 2.37. The molecule has 1 heteroatoms. The number of hydrogen-bond acceptors (Lipinski definition) is 1. The predicted molar refractivity (Wildman–Crippen MR) is 81.7 cm³/mol.